The molecule has 0 aromatic heterocycles. The summed E-state index contributed by atoms with van der Waals surface area (Å²) in [6.07, 6.45) is 23.0. The molecule has 0 heterocycles. The minimum Gasteiger partial charge on any atom is -0.393 e. The van der Waals surface area contributed by atoms with Gasteiger partial charge in [0.05, 0.1) is 31.3 Å². The van der Waals surface area contributed by atoms with Crippen LogP contribution in [0.1, 0.15) is 168 Å². The molecule has 57 heavy (non-hydrogen) atoms. The number of nitrogens with one attached hydrogen (secondary N) is 1. The number of rotatable bonds is 35. The molecule has 0 spiro atoms. The average molecular weight is 834 g/mol. The van der Waals surface area contributed by atoms with Gasteiger partial charge in [-0.05, 0) is 51.4 Å². The maximum absolute atomic E-state index is 12.9. The van der Waals surface area contributed by atoms with Crippen molar-refractivity contribution in [2.24, 2.45) is 0 Å². The second-order valence-corrected chi connectivity index (χ2v) is 17.1. The molecule has 9 N–H and O–H groups in total. The summed E-state index contributed by atoms with van der Waals surface area (Å²) in [6, 6.07) is -1.26. The summed E-state index contributed by atoms with van der Waals surface area (Å²) in [7, 11) is -5.14. The number of carbonyl (C=O) groups excluding carboxylic acids is 1. The number of allylic oxidation sites excluding steroid dienone is 5. The molecular weight excluding hydrogens is 753 g/mol. The Kier molecular flexibility index (Phi) is 31.2. The van der Waals surface area contributed by atoms with E-state index in [2.05, 4.69) is 37.4 Å². The van der Waals surface area contributed by atoms with Gasteiger partial charge >= 0.3 is 7.82 Å². The number of hydrogen-bond donors (Lipinski definition) is 9. The zero-order valence-corrected chi connectivity index (χ0v) is 35.9. The third kappa shape index (κ3) is 25.7. The molecule has 8 atom stereocenters. The van der Waals surface area contributed by atoms with Crippen LogP contribution in [0.25, 0.3) is 0 Å². The lowest BCUT2D eigenvalue weighted by Crippen LogP contribution is -2.64. The van der Waals surface area contributed by atoms with E-state index in [1.54, 1.807) is 6.08 Å². The number of phosphoric acid groups is 1. The number of amides is 1. The first kappa shape index (κ1) is 53.5. The van der Waals surface area contributed by atoms with Crippen molar-refractivity contribution in [3.8, 4) is 0 Å². The minimum atomic E-state index is -5.14. The summed E-state index contributed by atoms with van der Waals surface area (Å²) in [5.41, 5.74) is 0. The molecule has 1 aliphatic rings. The van der Waals surface area contributed by atoms with Crippen molar-refractivity contribution in [1.29, 1.82) is 0 Å². The van der Waals surface area contributed by atoms with E-state index in [1.807, 2.05) is 6.08 Å². The van der Waals surface area contributed by atoms with Crippen LogP contribution in [0.4, 0.5) is 0 Å². The standard InChI is InChI=1S/C43H80NO12P/c1-3-5-7-9-11-12-13-14-15-16-17-18-19-20-21-22-23-25-26-28-30-34(45)32-37(47)44-35(36(46)31-29-27-24-10-8-6-4-2)33-55-57(53,54)56-43-41(51)39(49)38(48)40(50)42(43)52/h8,10,19-20,29,31,34-36,38-43,45-46,48-52H,3-7,9,11-18,21-28,30,32-33H2,1-2H3,(H,44,47)(H,53,54)/b10-8+,20-19-,31-29+. The lowest BCUT2D eigenvalue weighted by molar-refractivity contribution is -0.220. The Labute approximate surface area is 343 Å². The first-order chi connectivity index (χ1) is 27.3. The van der Waals surface area contributed by atoms with Gasteiger partial charge in [0.2, 0.25) is 5.91 Å². The predicted octanol–water partition coefficient (Wildman–Crippen LogP) is 6.58. The zero-order valence-electron chi connectivity index (χ0n) is 35.0. The van der Waals surface area contributed by atoms with E-state index < -0.39 is 75.2 Å². The SMILES string of the molecule is CCC/C=C/CC/C=C/C(O)C(COP(=O)(O)OC1C(O)C(O)C(O)C(O)C1O)NC(=O)CC(O)CCCCCCC/C=C\CCCCCCCCCCCCC. The molecule has 14 heteroatoms. The fourth-order valence-corrected chi connectivity index (χ4v) is 7.75. The van der Waals surface area contributed by atoms with E-state index >= 15 is 0 Å². The van der Waals surface area contributed by atoms with Crippen LogP contribution in [-0.2, 0) is 18.4 Å². The summed E-state index contributed by atoms with van der Waals surface area (Å²) in [4.78, 5) is 23.3. The van der Waals surface area contributed by atoms with E-state index in [0.717, 1.165) is 64.2 Å². The van der Waals surface area contributed by atoms with Crippen molar-refractivity contribution in [1.82, 2.24) is 5.32 Å². The number of unbranched alkanes of at least 4 members (excludes halogenated alkanes) is 18. The maximum atomic E-state index is 12.9. The Morgan fingerprint density at radius 2 is 1.07 bits per heavy atom. The smallest absolute Gasteiger partial charge is 0.393 e. The van der Waals surface area contributed by atoms with Gasteiger partial charge in [-0.2, -0.15) is 0 Å². The van der Waals surface area contributed by atoms with Gasteiger partial charge in [-0.3, -0.25) is 13.8 Å². The second-order valence-electron chi connectivity index (χ2n) is 15.7. The molecule has 1 amide bonds. The van der Waals surface area contributed by atoms with Crippen LogP contribution in [-0.4, -0.2) is 108 Å². The Balaban J connectivity index is 2.43. The molecule has 1 saturated carbocycles. The number of carbonyl (C=O) groups is 1. The molecule has 0 aromatic carbocycles. The van der Waals surface area contributed by atoms with Crippen molar-refractivity contribution in [3.05, 3.63) is 36.5 Å². The van der Waals surface area contributed by atoms with Gasteiger partial charge in [0.15, 0.2) is 0 Å². The molecule has 1 aliphatic carbocycles. The summed E-state index contributed by atoms with van der Waals surface area (Å²) in [5, 5.41) is 74.0. The van der Waals surface area contributed by atoms with Gasteiger partial charge in [0, 0.05) is 0 Å². The van der Waals surface area contributed by atoms with Crippen LogP contribution in [0, 0.1) is 0 Å². The first-order valence-corrected chi connectivity index (χ1v) is 23.5. The maximum Gasteiger partial charge on any atom is 0.472 e. The fourth-order valence-electron chi connectivity index (χ4n) is 6.79. The molecule has 13 nitrogen and oxygen atoms in total. The van der Waals surface area contributed by atoms with Crippen LogP contribution in [0.5, 0.6) is 0 Å². The number of phosphoric ester groups is 1. The largest absolute Gasteiger partial charge is 0.472 e. The number of hydrogen-bond acceptors (Lipinski definition) is 11. The average Bonchev–Trinajstić information content (AvgIpc) is 3.18. The molecule has 0 aromatic rings. The molecule has 334 valence electrons. The van der Waals surface area contributed by atoms with E-state index in [0.29, 0.717) is 12.8 Å². The topological polar surface area (TPSA) is 226 Å². The van der Waals surface area contributed by atoms with Crippen LogP contribution >= 0.6 is 7.82 Å². The van der Waals surface area contributed by atoms with Crippen molar-refractivity contribution in [3.63, 3.8) is 0 Å². The second kappa shape index (κ2) is 33.3. The van der Waals surface area contributed by atoms with Gasteiger partial charge in [-0.25, -0.2) is 4.57 Å². The molecule has 8 unspecified atom stereocenters. The highest BCUT2D eigenvalue weighted by Gasteiger charge is 2.51. The van der Waals surface area contributed by atoms with Crippen molar-refractivity contribution >= 4 is 13.7 Å². The third-order valence-corrected chi connectivity index (χ3v) is 11.4. The van der Waals surface area contributed by atoms with E-state index in [4.69, 9.17) is 9.05 Å². The lowest BCUT2D eigenvalue weighted by Gasteiger charge is -2.41. The molecule has 1 rings (SSSR count). The van der Waals surface area contributed by atoms with Gasteiger partial charge in [0.1, 0.15) is 36.6 Å². The highest BCUT2D eigenvalue weighted by Crippen LogP contribution is 2.47. The van der Waals surface area contributed by atoms with E-state index in [-0.39, 0.29) is 6.42 Å². The van der Waals surface area contributed by atoms with Gasteiger partial charge < -0.3 is 46.0 Å². The molecule has 0 saturated heterocycles. The Bertz CT molecular complexity index is 1120. The van der Waals surface area contributed by atoms with Crippen molar-refractivity contribution in [2.45, 2.75) is 223 Å². The quantitative estimate of drug-likeness (QED) is 0.0187. The Morgan fingerprint density at radius 1 is 0.614 bits per heavy atom. The minimum absolute atomic E-state index is 0.259. The molecule has 0 aliphatic heterocycles. The monoisotopic (exact) mass is 834 g/mol. The first-order valence-electron chi connectivity index (χ1n) is 22.0. The zero-order chi connectivity index (χ0) is 42.3. The summed E-state index contributed by atoms with van der Waals surface area (Å²) in [5.74, 6) is -0.613. The van der Waals surface area contributed by atoms with E-state index in [1.165, 1.54) is 76.7 Å². The van der Waals surface area contributed by atoms with Gasteiger partial charge in [-0.15, -0.1) is 0 Å². The van der Waals surface area contributed by atoms with Gasteiger partial charge in [-0.1, -0.05) is 147 Å². The fraction of sp³-hybridized carbons (Fsp3) is 0.837. The summed E-state index contributed by atoms with van der Waals surface area (Å²) < 4.78 is 22.7. The van der Waals surface area contributed by atoms with Gasteiger partial charge in [0.25, 0.3) is 0 Å². The highest BCUT2D eigenvalue weighted by molar-refractivity contribution is 7.47. The molecule has 0 radical (unpaired) electrons. The van der Waals surface area contributed by atoms with Crippen LogP contribution < -0.4 is 5.32 Å². The Morgan fingerprint density at radius 3 is 1.61 bits per heavy atom. The number of aliphatic hydroxyl groups excluding tert-OH is 7. The normalized spacial score (nSPS) is 24.3. The van der Waals surface area contributed by atoms with E-state index in [9.17, 15) is 50.0 Å². The molecule has 0 bridgehead atoms. The third-order valence-electron chi connectivity index (χ3n) is 10.4. The molecule has 1 fully saturated rings. The lowest BCUT2D eigenvalue weighted by atomic mass is 9.85. The summed E-state index contributed by atoms with van der Waals surface area (Å²) in [6.45, 7) is 3.58. The highest BCUT2D eigenvalue weighted by atomic mass is 31.2. The number of aliphatic hydroxyl groups is 7. The molecular formula is C43H80NO12P. The summed E-state index contributed by atoms with van der Waals surface area (Å²) >= 11 is 0. The van der Waals surface area contributed by atoms with Crippen LogP contribution in [0.15, 0.2) is 36.5 Å². The van der Waals surface area contributed by atoms with Crippen molar-refractivity contribution < 1.29 is 59.0 Å². The van der Waals surface area contributed by atoms with Crippen molar-refractivity contribution in [2.75, 3.05) is 6.61 Å². The predicted molar refractivity (Wildman–Crippen MR) is 224 cm³/mol. The Hall–Kier alpha value is -1.48. The van der Waals surface area contributed by atoms with Crippen LogP contribution in [0.3, 0.4) is 0 Å². The van der Waals surface area contributed by atoms with Crippen LogP contribution in [0.2, 0.25) is 0 Å².